The topological polar surface area (TPSA) is 80.3 Å². The third-order valence-electron chi connectivity index (χ3n) is 1.85. The van der Waals surface area contributed by atoms with E-state index in [1.54, 1.807) is 0 Å². The first-order valence-corrected chi connectivity index (χ1v) is 5.65. The minimum atomic E-state index is -0.946. The van der Waals surface area contributed by atoms with Gasteiger partial charge < -0.3 is 19.8 Å². The maximum absolute atomic E-state index is 9.79. The zero-order valence-electron chi connectivity index (χ0n) is 11.3. The average Bonchev–Trinajstić information content (AvgIpc) is 2.12. The Morgan fingerprint density at radius 1 is 0.824 bits per heavy atom. The fourth-order valence-corrected chi connectivity index (χ4v) is 0.813. The molecule has 0 N–H and O–H groups in total. The van der Waals surface area contributed by atoms with Crippen LogP contribution in [0.15, 0.2) is 0 Å². The number of carbonyl (C=O) groups is 2. The molecule has 0 aromatic carbocycles. The van der Waals surface area contributed by atoms with Crippen LogP contribution < -0.4 is 10.2 Å². The molecule has 0 fully saturated rings. The second-order valence-electron chi connectivity index (χ2n) is 4.61. The molecule has 0 saturated heterocycles. The molecule has 4 nitrogen and oxygen atoms in total. The summed E-state index contributed by atoms with van der Waals surface area (Å²) in [6.45, 7) is 7.96. The summed E-state index contributed by atoms with van der Waals surface area (Å²) >= 11 is 0. The van der Waals surface area contributed by atoms with E-state index in [2.05, 4.69) is 0 Å². The normalized spacial score (nSPS) is 9.29. The Morgan fingerprint density at radius 3 is 1.12 bits per heavy atom. The van der Waals surface area contributed by atoms with Crippen LogP contribution in [0.5, 0.6) is 0 Å². The third-order valence-corrected chi connectivity index (χ3v) is 1.85. The molecule has 0 heterocycles. The molecule has 0 saturated carbocycles. The molecule has 5 heteroatoms. The molecule has 0 aromatic rings. The predicted molar refractivity (Wildman–Crippen MR) is 63.9 cm³/mol. The minimum Gasteiger partial charge on any atom is -0.550 e. The smallest absolute Gasteiger partial charge is 0.550 e. The van der Waals surface area contributed by atoms with Crippen LogP contribution in [0.2, 0.25) is 0 Å². The number of hydrogen-bond acceptors (Lipinski definition) is 4. The van der Waals surface area contributed by atoms with Gasteiger partial charge in [-0.3, -0.25) is 0 Å². The van der Waals surface area contributed by atoms with Crippen molar-refractivity contribution in [2.45, 2.75) is 53.4 Å². The van der Waals surface area contributed by atoms with E-state index in [1.165, 1.54) is 0 Å². The van der Waals surface area contributed by atoms with E-state index in [9.17, 15) is 19.8 Å². The maximum atomic E-state index is 9.79. The van der Waals surface area contributed by atoms with Gasteiger partial charge in [0.2, 0.25) is 0 Å². The Bertz CT molecular complexity index is 181. The van der Waals surface area contributed by atoms with Crippen molar-refractivity contribution in [3.63, 3.8) is 0 Å². The molecular formula is C12H22BaO4. The van der Waals surface area contributed by atoms with Crippen molar-refractivity contribution < 1.29 is 19.8 Å². The molecule has 0 spiro atoms. The van der Waals surface area contributed by atoms with E-state index in [4.69, 9.17) is 0 Å². The van der Waals surface area contributed by atoms with Gasteiger partial charge in [0.05, 0.1) is 0 Å². The quantitative estimate of drug-likeness (QED) is 0.617. The minimum absolute atomic E-state index is 0. The molecule has 0 unspecified atom stereocenters. The predicted octanol–water partition coefficient (Wildman–Crippen LogP) is -0.0358. The SMILES string of the molecule is CC(C)CCC(=O)[O-].CC(C)CCC(=O)[O-].[Ba+2]. The summed E-state index contributed by atoms with van der Waals surface area (Å²) in [5.74, 6) is -0.960. The summed E-state index contributed by atoms with van der Waals surface area (Å²) in [6, 6.07) is 0. The summed E-state index contributed by atoms with van der Waals surface area (Å²) in [6.07, 6.45) is 1.83. The Labute approximate surface area is 144 Å². The van der Waals surface area contributed by atoms with Gasteiger partial charge in [0.25, 0.3) is 0 Å². The van der Waals surface area contributed by atoms with Crippen LogP contribution in [0.4, 0.5) is 0 Å². The van der Waals surface area contributed by atoms with Crippen LogP contribution in [0.1, 0.15) is 53.4 Å². The Balaban J connectivity index is -0.000000218. The van der Waals surface area contributed by atoms with Crippen LogP contribution in [0, 0.1) is 11.8 Å². The van der Waals surface area contributed by atoms with Gasteiger partial charge in [-0.25, -0.2) is 0 Å². The summed E-state index contributed by atoms with van der Waals surface area (Å²) in [5.41, 5.74) is 0. The van der Waals surface area contributed by atoms with E-state index in [0.29, 0.717) is 11.8 Å². The number of carboxylic acids is 2. The van der Waals surface area contributed by atoms with E-state index < -0.39 is 11.9 Å². The second-order valence-corrected chi connectivity index (χ2v) is 4.61. The first kappa shape index (κ1) is 22.7. The van der Waals surface area contributed by atoms with E-state index >= 15 is 0 Å². The zero-order chi connectivity index (χ0) is 13.1. The summed E-state index contributed by atoms with van der Waals surface area (Å²) in [5, 5.41) is 19.6. The van der Waals surface area contributed by atoms with Gasteiger partial charge in [-0.05, 0) is 37.5 Å². The molecule has 0 aliphatic rings. The van der Waals surface area contributed by atoms with Gasteiger partial charge in [-0.1, -0.05) is 27.7 Å². The number of hydrogen-bond donors (Lipinski definition) is 0. The fraction of sp³-hybridized carbons (Fsp3) is 0.833. The standard InChI is InChI=1S/2C6H12O2.Ba/c2*1-5(2)3-4-6(7)8;/h2*5H,3-4H2,1-2H3,(H,7,8);/q;;+2/p-2. The largest absolute Gasteiger partial charge is 2.00 e. The van der Waals surface area contributed by atoms with E-state index in [-0.39, 0.29) is 61.7 Å². The molecule has 0 rings (SSSR count). The van der Waals surface area contributed by atoms with Crippen molar-refractivity contribution in [1.82, 2.24) is 0 Å². The molecule has 0 aromatic heterocycles. The van der Waals surface area contributed by atoms with Crippen molar-refractivity contribution in [1.29, 1.82) is 0 Å². The van der Waals surface area contributed by atoms with Gasteiger partial charge in [-0.15, -0.1) is 0 Å². The summed E-state index contributed by atoms with van der Waals surface area (Å²) in [7, 11) is 0. The van der Waals surface area contributed by atoms with Crippen LogP contribution in [0.25, 0.3) is 0 Å². The fourth-order valence-electron chi connectivity index (χ4n) is 0.813. The zero-order valence-corrected chi connectivity index (χ0v) is 15.8. The summed E-state index contributed by atoms with van der Waals surface area (Å²) in [4.78, 5) is 19.6. The Kier molecular flexibility index (Phi) is 19.4. The molecule has 0 bridgehead atoms. The Hall–Kier alpha value is 0.511. The van der Waals surface area contributed by atoms with Crippen molar-refractivity contribution in [3.05, 3.63) is 0 Å². The van der Waals surface area contributed by atoms with E-state index in [0.717, 1.165) is 12.8 Å². The van der Waals surface area contributed by atoms with Gasteiger partial charge in [0, 0.05) is 11.9 Å². The Morgan fingerprint density at radius 2 is 1.06 bits per heavy atom. The molecule has 96 valence electrons. The number of aliphatic carboxylic acids is 2. The first-order valence-electron chi connectivity index (χ1n) is 5.65. The van der Waals surface area contributed by atoms with Gasteiger partial charge in [0.1, 0.15) is 0 Å². The molecule has 0 radical (unpaired) electrons. The average molecular weight is 368 g/mol. The van der Waals surface area contributed by atoms with Crippen molar-refractivity contribution in [2.75, 3.05) is 0 Å². The van der Waals surface area contributed by atoms with Crippen molar-refractivity contribution in [2.24, 2.45) is 11.8 Å². The first-order chi connectivity index (χ1) is 7.25. The van der Waals surface area contributed by atoms with Crippen LogP contribution in [0.3, 0.4) is 0 Å². The van der Waals surface area contributed by atoms with Crippen molar-refractivity contribution in [3.8, 4) is 0 Å². The number of carbonyl (C=O) groups excluding carboxylic acids is 2. The summed E-state index contributed by atoms with van der Waals surface area (Å²) < 4.78 is 0. The van der Waals surface area contributed by atoms with E-state index in [1.807, 2.05) is 27.7 Å². The molecular weight excluding hydrogens is 345 g/mol. The molecule has 0 aliphatic carbocycles. The monoisotopic (exact) mass is 368 g/mol. The van der Waals surface area contributed by atoms with Crippen LogP contribution in [-0.2, 0) is 9.59 Å². The molecule has 0 atom stereocenters. The van der Waals surface area contributed by atoms with Crippen LogP contribution >= 0.6 is 0 Å². The van der Waals surface area contributed by atoms with Crippen molar-refractivity contribution >= 4 is 60.8 Å². The van der Waals surface area contributed by atoms with Gasteiger partial charge in [0.15, 0.2) is 0 Å². The molecule has 0 aliphatic heterocycles. The molecule has 0 amide bonds. The molecule has 17 heavy (non-hydrogen) atoms. The number of carboxylic acid groups (broad SMARTS) is 2. The third kappa shape index (κ3) is 31.5. The number of rotatable bonds is 6. The van der Waals surface area contributed by atoms with Gasteiger partial charge >= 0.3 is 48.9 Å². The maximum Gasteiger partial charge on any atom is 2.00 e. The second kappa shape index (κ2) is 14.6. The van der Waals surface area contributed by atoms with Gasteiger partial charge in [-0.2, -0.15) is 0 Å². The van der Waals surface area contributed by atoms with Crippen LogP contribution in [-0.4, -0.2) is 60.8 Å².